The Labute approximate surface area is 230 Å². The molecule has 2 saturated carbocycles. The summed E-state index contributed by atoms with van der Waals surface area (Å²) in [4.78, 5) is 68.5. The Morgan fingerprint density at radius 3 is 2.41 bits per heavy atom. The monoisotopic (exact) mass is 535 g/mol. The van der Waals surface area contributed by atoms with Crippen molar-refractivity contribution in [3.05, 3.63) is 36.0 Å². The van der Waals surface area contributed by atoms with Gasteiger partial charge < -0.3 is 15.6 Å². The van der Waals surface area contributed by atoms with E-state index in [1.54, 1.807) is 6.07 Å². The van der Waals surface area contributed by atoms with Gasteiger partial charge in [-0.2, -0.15) is 0 Å². The number of Topliss-reactive ketones (excluding diaryl/α,β-unsaturated/α-hetero) is 3. The van der Waals surface area contributed by atoms with Gasteiger partial charge in [0.1, 0.15) is 5.78 Å². The van der Waals surface area contributed by atoms with Gasteiger partial charge in [0.25, 0.3) is 5.91 Å². The first-order chi connectivity index (χ1) is 18.7. The molecule has 2 amide bonds. The molecule has 1 aromatic carbocycles. The molecule has 0 spiro atoms. The number of amides is 2. The summed E-state index contributed by atoms with van der Waals surface area (Å²) in [5.74, 6) is -2.83. The minimum atomic E-state index is -1.09. The molecule has 8 heteroatoms. The first-order valence-corrected chi connectivity index (χ1v) is 14.5. The molecule has 2 aliphatic carbocycles. The van der Waals surface area contributed by atoms with Gasteiger partial charge in [-0.3, -0.25) is 24.0 Å². The zero-order valence-corrected chi connectivity index (χ0v) is 23.1. The summed E-state index contributed by atoms with van der Waals surface area (Å²) in [5, 5.41) is 6.58. The van der Waals surface area contributed by atoms with Crippen LogP contribution in [0.1, 0.15) is 95.0 Å². The van der Waals surface area contributed by atoms with Crippen molar-refractivity contribution in [2.75, 3.05) is 0 Å². The lowest BCUT2D eigenvalue weighted by Crippen LogP contribution is -2.52. The SMILES string of the molecule is CC(C)C[C@H](CC(=O)c1cc2ccccc2[nH]1)C(=O)N[C@@H](C[C@@H]1CCCC1=O)C(=O)C(=O)NC1CCCCC1. The van der Waals surface area contributed by atoms with Gasteiger partial charge >= 0.3 is 0 Å². The van der Waals surface area contributed by atoms with Crippen LogP contribution in [0.5, 0.6) is 0 Å². The summed E-state index contributed by atoms with van der Waals surface area (Å²) in [6, 6.07) is 8.25. The van der Waals surface area contributed by atoms with Gasteiger partial charge in [-0.25, -0.2) is 0 Å². The third-order valence-electron chi connectivity index (χ3n) is 8.14. The minimum absolute atomic E-state index is 0.0195. The fraction of sp³-hybridized carbons (Fsp3) is 0.581. The predicted molar refractivity (Wildman–Crippen MR) is 149 cm³/mol. The summed E-state index contributed by atoms with van der Waals surface area (Å²) >= 11 is 0. The highest BCUT2D eigenvalue weighted by Gasteiger charge is 2.36. The van der Waals surface area contributed by atoms with Crippen LogP contribution in [-0.2, 0) is 19.2 Å². The summed E-state index contributed by atoms with van der Waals surface area (Å²) in [6.45, 7) is 3.95. The van der Waals surface area contributed by atoms with Crippen molar-refractivity contribution in [2.45, 2.75) is 96.6 Å². The Hall–Kier alpha value is -3.29. The summed E-state index contributed by atoms with van der Waals surface area (Å²) in [7, 11) is 0. The van der Waals surface area contributed by atoms with E-state index in [9.17, 15) is 24.0 Å². The van der Waals surface area contributed by atoms with Crippen LogP contribution in [0.2, 0.25) is 0 Å². The Kier molecular flexibility index (Phi) is 9.70. The van der Waals surface area contributed by atoms with Crippen molar-refractivity contribution < 1.29 is 24.0 Å². The molecule has 8 nitrogen and oxygen atoms in total. The number of hydrogen-bond acceptors (Lipinski definition) is 5. The number of nitrogens with one attached hydrogen (secondary N) is 3. The molecule has 2 aromatic rings. The number of carbonyl (C=O) groups excluding carboxylic acids is 5. The first kappa shape index (κ1) is 28.7. The molecular weight excluding hydrogens is 494 g/mol. The smallest absolute Gasteiger partial charge is 0.289 e. The molecule has 0 saturated heterocycles. The maximum atomic E-state index is 13.6. The quantitative estimate of drug-likeness (QED) is 0.269. The molecular formula is C31H41N3O5. The average molecular weight is 536 g/mol. The van der Waals surface area contributed by atoms with E-state index in [1.165, 1.54) is 0 Å². The molecule has 4 rings (SSSR count). The normalized spacial score (nSPS) is 19.7. The van der Waals surface area contributed by atoms with Crippen LogP contribution in [0, 0.1) is 17.8 Å². The predicted octanol–water partition coefficient (Wildman–Crippen LogP) is 4.67. The largest absolute Gasteiger partial charge is 0.352 e. The maximum Gasteiger partial charge on any atom is 0.289 e. The highest BCUT2D eigenvalue weighted by molar-refractivity contribution is 6.38. The number of hydrogen-bond donors (Lipinski definition) is 3. The fourth-order valence-electron chi connectivity index (χ4n) is 6.01. The van der Waals surface area contributed by atoms with Crippen LogP contribution in [0.15, 0.2) is 30.3 Å². The molecule has 39 heavy (non-hydrogen) atoms. The number of benzene rings is 1. The number of aromatic nitrogens is 1. The van der Waals surface area contributed by atoms with Gasteiger partial charge in [0.05, 0.1) is 11.7 Å². The molecule has 0 radical (unpaired) electrons. The zero-order valence-electron chi connectivity index (χ0n) is 23.1. The second-order valence-corrected chi connectivity index (χ2v) is 11.7. The van der Waals surface area contributed by atoms with Crippen LogP contribution in [0.3, 0.4) is 0 Å². The molecule has 0 aliphatic heterocycles. The number of ketones is 3. The molecule has 1 heterocycles. The van der Waals surface area contributed by atoms with Gasteiger partial charge in [-0.05, 0) is 56.6 Å². The molecule has 0 bridgehead atoms. The third kappa shape index (κ3) is 7.64. The third-order valence-corrected chi connectivity index (χ3v) is 8.14. The zero-order chi connectivity index (χ0) is 27.9. The Morgan fingerprint density at radius 2 is 1.74 bits per heavy atom. The van der Waals surface area contributed by atoms with Crippen molar-refractivity contribution in [3.8, 4) is 0 Å². The lowest BCUT2D eigenvalue weighted by Gasteiger charge is -2.26. The van der Waals surface area contributed by atoms with E-state index in [2.05, 4.69) is 15.6 Å². The molecule has 0 unspecified atom stereocenters. The molecule has 2 fully saturated rings. The second-order valence-electron chi connectivity index (χ2n) is 11.7. The number of carbonyl (C=O) groups is 5. The lowest BCUT2D eigenvalue weighted by molar-refractivity contribution is -0.141. The topological polar surface area (TPSA) is 125 Å². The molecule has 210 valence electrons. The van der Waals surface area contributed by atoms with Crippen LogP contribution < -0.4 is 10.6 Å². The number of H-pyrrole nitrogens is 1. The first-order valence-electron chi connectivity index (χ1n) is 14.5. The van der Waals surface area contributed by atoms with Crippen LogP contribution in [0.4, 0.5) is 0 Å². The van der Waals surface area contributed by atoms with Gasteiger partial charge in [0.15, 0.2) is 5.78 Å². The minimum Gasteiger partial charge on any atom is -0.352 e. The molecule has 3 N–H and O–H groups in total. The van der Waals surface area contributed by atoms with Crippen LogP contribution in [0.25, 0.3) is 10.9 Å². The van der Waals surface area contributed by atoms with Gasteiger partial charge in [-0.15, -0.1) is 0 Å². The van der Waals surface area contributed by atoms with E-state index in [0.29, 0.717) is 25.0 Å². The summed E-state index contributed by atoms with van der Waals surface area (Å²) in [6.07, 6.45) is 7.23. The van der Waals surface area contributed by atoms with Crippen molar-refractivity contribution >= 4 is 40.1 Å². The van der Waals surface area contributed by atoms with Crippen LogP contribution in [-0.4, -0.2) is 46.2 Å². The standard InChI is InChI=1S/C31H41N3O5/c1-19(2)15-22(18-28(36)25-16-20-9-6-7-13-24(20)33-25)30(38)34-26(17-21-10-8-14-27(21)35)29(37)31(39)32-23-11-4-3-5-12-23/h6-7,9,13,16,19,21-23,26,33H,3-5,8,10-12,14-15,17-18H2,1-2H3,(H,32,39)(H,34,38)/t21-,22+,26-/m0/s1. The van der Waals surface area contributed by atoms with Gasteiger partial charge in [-0.1, -0.05) is 51.3 Å². The van der Waals surface area contributed by atoms with E-state index in [-0.39, 0.29) is 42.3 Å². The Balaban J connectivity index is 1.48. The van der Waals surface area contributed by atoms with Crippen LogP contribution >= 0.6 is 0 Å². The lowest BCUT2D eigenvalue weighted by atomic mass is 9.89. The number of para-hydroxylation sites is 1. The van der Waals surface area contributed by atoms with E-state index in [4.69, 9.17) is 0 Å². The van der Waals surface area contributed by atoms with E-state index >= 15 is 0 Å². The Bertz CT molecular complexity index is 1180. The summed E-state index contributed by atoms with van der Waals surface area (Å²) < 4.78 is 0. The van der Waals surface area contributed by atoms with Crippen molar-refractivity contribution in [2.24, 2.45) is 17.8 Å². The fourth-order valence-corrected chi connectivity index (χ4v) is 6.01. The highest BCUT2D eigenvalue weighted by atomic mass is 16.2. The van der Waals surface area contributed by atoms with Gasteiger partial charge in [0, 0.05) is 41.6 Å². The van der Waals surface area contributed by atoms with E-state index in [0.717, 1.165) is 49.4 Å². The van der Waals surface area contributed by atoms with Crippen molar-refractivity contribution in [1.29, 1.82) is 0 Å². The Morgan fingerprint density at radius 1 is 1.00 bits per heavy atom. The molecule has 2 aliphatic rings. The van der Waals surface area contributed by atoms with Gasteiger partial charge in [0.2, 0.25) is 11.7 Å². The number of fused-ring (bicyclic) bond motifs is 1. The molecule has 1 aromatic heterocycles. The average Bonchev–Trinajstić information content (AvgIpc) is 3.53. The van der Waals surface area contributed by atoms with Crippen molar-refractivity contribution in [1.82, 2.24) is 15.6 Å². The van der Waals surface area contributed by atoms with E-state index < -0.39 is 29.6 Å². The second kappa shape index (κ2) is 13.2. The maximum absolute atomic E-state index is 13.6. The summed E-state index contributed by atoms with van der Waals surface area (Å²) in [5.41, 5.74) is 1.29. The highest BCUT2D eigenvalue weighted by Crippen LogP contribution is 2.27. The van der Waals surface area contributed by atoms with Crippen molar-refractivity contribution in [3.63, 3.8) is 0 Å². The number of aromatic amines is 1. The number of rotatable bonds is 12. The molecule has 3 atom stereocenters. The van der Waals surface area contributed by atoms with E-state index in [1.807, 2.05) is 38.1 Å².